The van der Waals surface area contributed by atoms with Crippen LogP contribution in [0.4, 0.5) is 0 Å². The number of rotatable bonds is 4. The molecule has 0 fully saturated rings. The van der Waals surface area contributed by atoms with Gasteiger partial charge in [0, 0.05) is 12.4 Å². The summed E-state index contributed by atoms with van der Waals surface area (Å²) in [5.74, 6) is 0.375. The number of amides is 1. The molecule has 2 heterocycles. The van der Waals surface area contributed by atoms with Crippen molar-refractivity contribution < 1.29 is 4.79 Å². The van der Waals surface area contributed by atoms with E-state index < -0.39 is 0 Å². The molecule has 122 valence electrons. The predicted octanol–water partition coefficient (Wildman–Crippen LogP) is 2.77. The number of hydrogen-bond acceptors (Lipinski definition) is 4. The number of carbonyl (C=O) groups is 1. The number of carbonyl (C=O) groups excluding carboxylic acids is 1. The molecule has 0 bridgehead atoms. The van der Waals surface area contributed by atoms with Crippen molar-refractivity contribution in [3.8, 4) is 5.82 Å². The van der Waals surface area contributed by atoms with Crippen LogP contribution in [0.15, 0.2) is 49.1 Å². The predicted molar refractivity (Wildman–Crippen MR) is 91.0 cm³/mol. The second-order valence-electron chi connectivity index (χ2n) is 5.80. The number of nitrogens with one attached hydrogen (secondary N) is 1. The Hall–Kier alpha value is -3.02. The third kappa shape index (κ3) is 3.32. The van der Waals surface area contributed by atoms with Gasteiger partial charge in [-0.25, -0.2) is 4.98 Å². The highest BCUT2D eigenvalue weighted by Crippen LogP contribution is 2.19. The maximum atomic E-state index is 12.4. The third-order valence-corrected chi connectivity index (χ3v) is 3.90. The molecule has 1 amide bonds. The van der Waals surface area contributed by atoms with Crippen LogP contribution in [0.25, 0.3) is 5.82 Å². The normalized spacial score (nSPS) is 12.0. The van der Waals surface area contributed by atoms with E-state index in [2.05, 4.69) is 38.7 Å². The van der Waals surface area contributed by atoms with E-state index in [0.29, 0.717) is 5.82 Å². The number of nitrogens with zero attached hydrogens (tertiary/aromatic N) is 4. The van der Waals surface area contributed by atoms with E-state index in [1.54, 1.807) is 35.4 Å². The van der Waals surface area contributed by atoms with Crippen LogP contribution in [0.2, 0.25) is 0 Å². The van der Waals surface area contributed by atoms with E-state index in [9.17, 15) is 4.79 Å². The Morgan fingerprint density at radius 2 is 2.00 bits per heavy atom. The molecule has 0 saturated carbocycles. The molecular formula is C18H19N5O. The van der Waals surface area contributed by atoms with Gasteiger partial charge >= 0.3 is 0 Å². The molecule has 0 radical (unpaired) electrons. The smallest absolute Gasteiger partial charge is 0.272 e. The summed E-state index contributed by atoms with van der Waals surface area (Å²) >= 11 is 0. The molecule has 1 atom stereocenters. The fourth-order valence-corrected chi connectivity index (χ4v) is 2.55. The summed E-state index contributed by atoms with van der Waals surface area (Å²) in [7, 11) is 0. The minimum absolute atomic E-state index is 0.104. The molecule has 3 aromatic rings. The highest BCUT2D eigenvalue weighted by molar-refractivity contribution is 5.92. The molecule has 0 aliphatic carbocycles. The Bertz CT molecular complexity index is 840. The van der Waals surface area contributed by atoms with Crippen molar-refractivity contribution in [3.05, 3.63) is 71.4 Å². The summed E-state index contributed by atoms with van der Waals surface area (Å²) in [4.78, 5) is 16.3. The Balaban J connectivity index is 1.73. The standard InChI is InChI=1S/C18H19N5O/c1-12-4-5-13(2)15(10-12)14(3)20-18(24)16-6-7-17(22-21-16)23-9-8-19-11-23/h4-11,14H,1-3H3,(H,20,24)/t14-/m0/s1. The van der Waals surface area contributed by atoms with Gasteiger partial charge in [-0.2, -0.15) is 0 Å². The Morgan fingerprint density at radius 1 is 1.17 bits per heavy atom. The van der Waals surface area contributed by atoms with Crippen LogP contribution in [0.5, 0.6) is 0 Å². The molecule has 0 unspecified atom stereocenters. The lowest BCUT2D eigenvalue weighted by atomic mass is 10.00. The summed E-state index contributed by atoms with van der Waals surface area (Å²) in [6.45, 7) is 6.04. The minimum atomic E-state index is -0.243. The van der Waals surface area contributed by atoms with Gasteiger partial charge in [0.2, 0.25) is 0 Å². The topological polar surface area (TPSA) is 72.7 Å². The van der Waals surface area contributed by atoms with E-state index in [0.717, 1.165) is 11.1 Å². The molecule has 2 aromatic heterocycles. The first-order valence-electron chi connectivity index (χ1n) is 7.74. The molecule has 0 aliphatic heterocycles. The first-order valence-corrected chi connectivity index (χ1v) is 7.74. The van der Waals surface area contributed by atoms with Crippen LogP contribution in [0.3, 0.4) is 0 Å². The van der Waals surface area contributed by atoms with Crippen molar-refractivity contribution in [2.75, 3.05) is 0 Å². The zero-order valence-corrected chi connectivity index (χ0v) is 13.9. The molecule has 1 N–H and O–H groups in total. The average Bonchev–Trinajstić information content (AvgIpc) is 3.11. The Kier molecular flexibility index (Phi) is 4.37. The number of aromatic nitrogens is 4. The van der Waals surface area contributed by atoms with Crippen LogP contribution < -0.4 is 5.32 Å². The van der Waals surface area contributed by atoms with E-state index >= 15 is 0 Å². The van der Waals surface area contributed by atoms with Crippen LogP contribution in [0, 0.1) is 13.8 Å². The second kappa shape index (κ2) is 6.62. The first kappa shape index (κ1) is 15.9. The molecule has 6 nitrogen and oxygen atoms in total. The third-order valence-electron chi connectivity index (χ3n) is 3.90. The van der Waals surface area contributed by atoms with Gasteiger partial charge < -0.3 is 5.32 Å². The Labute approximate surface area is 140 Å². The van der Waals surface area contributed by atoms with Crippen LogP contribution in [-0.4, -0.2) is 25.7 Å². The van der Waals surface area contributed by atoms with Gasteiger partial charge in [-0.05, 0) is 44.0 Å². The van der Waals surface area contributed by atoms with Crippen molar-refractivity contribution in [3.63, 3.8) is 0 Å². The van der Waals surface area contributed by atoms with Gasteiger partial charge in [0.25, 0.3) is 5.91 Å². The maximum absolute atomic E-state index is 12.4. The molecule has 0 spiro atoms. The number of hydrogen-bond donors (Lipinski definition) is 1. The van der Waals surface area contributed by atoms with Crippen molar-refractivity contribution in [2.24, 2.45) is 0 Å². The van der Waals surface area contributed by atoms with Crippen molar-refractivity contribution in [2.45, 2.75) is 26.8 Å². The Morgan fingerprint density at radius 3 is 2.67 bits per heavy atom. The van der Waals surface area contributed by atoms with Crippen molar-refractivity contribution in [1.82, 2.24) is 25.1 Å². The van der Waals surface area contributed by atoms with Gasteiger partial charge in [-0.1, -0.05) is 23.8 Å². The van der Waals surface area contributed by atoms with Crippen molar-refractivity contribution in [1.29, 1.82) is 0 Å². The lowest BCUT2D eigenvalue weighted by molar-refractivity contribution is 0.0933. The van der Waals surface area contributed by atoms with E-state index in [4.69, 9.17) is 0 Å². The van der Waals surface area contributed by atoms with Gasteiger partial charge in [0.1, 0.15) is 6.33 Å². The summed E-state index contributed by atoms with van der Waals surface area (Å²) in [6, 6.07) is 9.52. The molecule has 24 heavy (non-hydrogen) atoms. The van der Waals surface area contributed by atoms with E-state index in [-0.39, 0.29) is 17.6 Å². The average molecular weight is 321 g/mol. The lowest BCUT2D eigenvalue weighted by Crippen LogP contribution is -2.28. The molecular weight excluding hydrogens is 302 g/mol. The van der Waals surface area contributed by atoms with Gasteiger partial charge in [-0.15, -0.1) is 10.2 Å². The summed E-state index contributed by atoms with van der Waals surface area (Å²) in [5.41, 5.74) is 3.71. The molecule has 0 saturated heterocycles. The van der Waals surface area contributed by atoms with Crippen LogP contribution in [-0.2, 0) is 0 Å². The van der Waals surface area contributed by atoms with E-state index in [1.165, 1.54) is 5.56 Å². The zero-order chi connectivity index (χ0) is 17.1. The van der Waals surface area contributed by atoms with E-state index in [1.807, 2.05) is 20.8 Å². The summed E-state index contributed by atoms with van der Waals surface area (Å²) < 4.78 is 1.73. The maximum Gasteiger partial charge on any atom is 0.272 e. The largest absolute Gasteiger partial charge is 0.344 e. The molecule has 3 rings (SSSR count). The summed E-state index contributed by atoms with van der Waals surface area (Å²) in [5, 5.41) is 11.1. The number of aryl methyl sites for hydroxylation is 2. The van der Waals surface area contributed by atoms with Crippen LogP contribution >= 0.6 is 0 Å². The second-order valence-corrected chi connectivity index (χ2v) is 5.80. The first-order chi connectivity index (χ1) is 11.5. The quantitative estimate of drug-likeness (QED) is 0.802. The van der Waals surface area contributed by atoms with Crippen molar-refractivity contribution >= 4 is 5.91 Å². The zero-order valence-electron chi connectivity index (χ0n) is 13.9. The minimum Gasteiger partial charge on any atom is -0.344 e. The fraction of sp³-hybridized carbons (Fsp3) is 0.222. The monoisotopic (exact) mass is 321 g/mol. The molecule has 0 aliphatic rings. The fourth-order valence-electron chi connectivity index (χ4n) is 2.55. The van der Waals surface area contributed by atoms with Gasteiger partial charge in [-0.3, -0.25) is 9.36 Å². The highest BCUT2D eigenvalue weighted by Gasteiger charge is 2.15. The van der Waals surface area contributed by atoms with Gasteiger partial charge in [0.05, 0.1) is 6.04 Å². The van der Waals surface area contributed by atoms with Crippen LogP contribution in [0.1, 0.15) is 40.1 Å². The molecule has 6 heteroatoms. The molecule has 1 aromatic carbocycles. The number of imidazole rings is 1. The summed E-state index contributed by atoms with van der Waals surface area (Å²) in [6.07, 6.45) is 5.06. The van der Waals surface area contributed by atoms with Gasteiger partial charge in [0.15, 0.2) is 11.5 Å². The lowest BCUT2D eigenvalue weighted by Gasteiger charge is -2.17. The highest BCUT2D eigenvalue weighted by atomic mass is 16.2. The number of benzene rings is 1. The SMILES string of the molecule is Cc1ccc(C)c([C@H](C)NC(=O)c2ccc(-n3ccnc3)nn2)c1.